The molecule has 0 spiro atoms. The molecule has 1 atom stereocenters. The van der Waals surface area contributed by atoms with Crippen LogP contribution < -0.4 is 10.6 Å². The van der Waals surface area contributed by atoms with Gasteiger partial charge in [-0.25, -0.2) is 8.42 Å². The van der Waals surface area contributed by atoms with Gasteiger partial charge in [0.2, 0.25) is 15.9 Å². The first kappa shape index (κ1) is 27.8. The minimum atomic E-state index is -4.00. The number of carbonyl (C=O) groups is 2. The Labute approximate surface area is 229 Å². The lowest BCUT2D eigenvalue weighted by Gasteiger charge is -2.29. The predicted molar refractivity (Wildman–Crippen MR) is 148 cm³/mol. The second-order valence-electron chi connectivity index (χ2n) is 9.68. The number of halogens is 1. The molecular weight excluding hydrogens is 522 g/mol. The number of nitrogens with one attached hydrogen (secondary N) is 2. The average Bonchev–Trinajstić information content (AvgIpc) is 3.10. The van der Waals surface area contributed by atoms with Gasteiger partial charge in [-0.1, -0.05) is 53.1 Å². The molecule has 0 aliphatic carbocycles. The molecule has 2 N–H and O–H groups in total. The van der Waals surface area contributed by atoms with Crippen molar-refractivity contribution < 1.29 is 18.0 Å². The third-order valence-electron chi connectivity index (χ3n) is 6.56. The summed E-state index contributed by atoms with van der Waals surface area (Å²) in [6.07, 6.45) is 1.95. The summed E-state index contributed by atoms with van der Waals surface area (Å²) < 4.78 is 28.6. The van der Waals surface area contributed by atoms with Crippen LogP contribution in [0.5, 0.6) is 0 Å². The van der Waals surface area contributed by atoms with Gasteiger partial charge in [-0.05, 0) is 80.6 Å². The third-order valence-corrected chi connectivity index (χ3v) is 8.68. The molecule has 0 saturated carbocycles. The van der Waals surface area contributed by atoms with E-state index in [-0.39, 0.29) is 23.3 Å². The highest BCUT2D eigenvalue weighted by atomic mass is 35.5. The summed E-state index contributed by atoms with van der Waals surface area (Å²) in [5.74, 6) is -0.521. The van der Waals surface area contributed by atoms with E-state index in [0.29, 0.717) is 35.7 Å². The van der Waals surface area contributed by atoms with Crippen LogP contribution in [0.3, 0.4) is 0 Å². The quantitative estimate of drug-likeness (QED) is 0.421. The number of aryl methyl sites for hydroxylation is 2. The molecule has 200 valence electrons. The maximum absolute atomic E-state index is 13.7. The fourth-order valence-corrected chi connectivity index (χ4v) is 6.43. The van der Waals surface area contributed by atoms with E-state index in [1.807, 2.05) is 26.0 Å². The summed E-state index contributed by atoms with van der Waals surface area (Å²) in [4.78, 5) is 25.7. The highest BCUT2D eigenvalue weighted by molar-refractivity contribution is 7.89. The fraction of sp³-hybridized carbons (Fsp3) is 0.310. The molecule has 0 unspecified atom stereocenters. The SMILES string of the molecule is Cc1cc(C)cc(CNC(=O)c2ccc(CN([C@@H]3CCCCNC3=O)S(=O)(=O)c3ccc(Cl)cc3)cc2)c1. The molecule has 1 aliphatic rings. The zero-order valence-electron chi connectivity index (χ0n) is 21.5. The molecular formula is C29H32ClN3O4S. The number of sulfonamides is 1. The molecule has 0 radical (unpaired) electrons. The van der Waals surface area contributed by atoms with Crippen LogP contribution in [-0.2, 0) is 27.9 Å². The zero-order chi connectivity index (χ0) is 27.3. The lowest BCUT2D eigenvalue weighted by Crippen LogP contribution is -2.48. The van der Waals surface area contributed by atoms with Crippen molar-refractivity contribution in [3.05, 3.63) is 99.6 Å². The normalized spacial score (nSPS) is 16.1. The van der Waals surface area contributed by atoms with Gasteiger partial charge in [0.1, 0.15) is 6.04 Å². The van der Waals surface area contributed by atoms with Crippen molar-refractivity contribution in [1.29, 1.82) is 0 Å². The monoisotopic (exact) mass is 553 g/mol. The Kier molecular flexibility index (Phi) is 8.87. The second kappa shape index (κ2) is 12.1. The molecule has 1 heterocycles. The van der Waals surface area contributed by atoms with Crippen molar-refractivity contribution in [2.75, 3.05) is 6.54 Å². The van der Waals surface area contributed by atoms with Gasteiger partial charge in [-0.3, -0.25) is 9.59 Å². The van der Waals surface area contributed by atoms with Crippen molar-refractivity contribution in [2.24, 2.45) is 0 Å². The molecule has 1 aliphatic heterocycles. The lowest BCUT2D eigenvalue weighted by atomic mass is 10.1. The number of amides is 2. The molecule has 3 aromatic rings. The average molecular weight is 554 g/mol. The number of nitrogens with zero attached hydrogens (tertiary/aromatic N) is 1. The number of hydrogen-bond acceptors (Lipinski definition) is 4. The maximum Gasteiger partial charge on any atom is 0.251 e. The van der Waals surface area contributed by atoms with E-state index in [0.717, 1.165) is 29.5 Å². The standard InChI is InChI=1S/C29H32ClN3O4S/c1-20-15-21(2)17-23(16-20)18-32-28(34)24-8-6-22(7-9-24)19-33(27-5-3-4-14-31-29(27)35)38(36,37)26-12-10-25(30)11-13-26/h6-13,15-17,27H,3-5,14,18-19H2,1-2H3,(H,31,35)(H,32,34)/t27-/m1/s1. The summed E-state index contributed by atoms with van der Waals surface area (Å²) in [5.41, 5.74) is 4.44. The molecule has 4 rings (SSSR count). The van der Waals surface area contributed by atoms with Gasteiger partial charge in [0, 0.05) is 30.2 Å². The summed E-state index contributed by atoms with van der Waals surface area (Å²) in [5, 5.41) is 6.19. The van der Waals surface area contributed by atoms with E-state index in [2.05, 4.69) is 16.7 Å². The first-order valence-corrected chi connectivity index (χ1v) is 14.4. The van der Waals surface area contributed by atoms with E-state index < -0.39 is 16.1 Å². The molecule has 1 saturated heterocycles. The van der Waals surface area contributed by atoms with Crippen molar-refractivity contribution >= 4 is 33.4 Å². The first-order valence-electron chi connectivity index (χ1n) is 12.6. The van der Waals surface area contributed by atoms with E-state index in [1.165, 1.54) is 28.6 Å². The van der Waals surface area contributed by atoms with Gasteiger partial charge in [-0.2, -0.15) is 4.31 Å². The molecule has 9 heteroatoms. The molecule has 7 nitrogen and oxygen atoms in total. The lowest BCUT2D eigenvalue weighted by molar-refractivity contribution is -0.124. The number of hydrogen-bond donors (Lipinski definition) is 2. The maximum atomic E-state index is 13.7. The largest absolute Gasteiger partial charge is 0.355 e. The highest BCUT2D eigenvalue weighted by Gasteiger charge is 2.36. The van der Waals surface area contributed by atoms with Crippen molar-refractivity contribution in [2.45, 2.75) is 57.1 Å². The van der Waals surface area contributed by atoms with E-state index in [1.54, 1.807) is 24.3 Å². The Bertz CT molecular complexity index is 1390. The fourth-order valence-electron chi connectivity index (χ4n) is 4.70. The molecule has 3 aromatic carbocycles. The summed E-state index contributed by atoms with van der Waals surface area (Å²) >= 11 is 5.97. The van der Waals surface area contributed by atoms with Gasteiger partial charge in [0.05, 0.1) is 4.90 Å². The molecule has 1 fully saturated rings. The Morgan fingerprint density at radius 3 is 2.29 bits per heavy atom. The number of carbonyl (C=O) groups excluding carboxylic acids is 2. The third kappa shape index (κ3) is 6.81. The van der Waals surface area contributed by atoms with Crippen LogP contribution in [0.1, 0.15) is 51.9 Å². The van der Waals surface area contributed by atoms with Crippen LogP contribution in [-0.4, -0.2) is 37.1 Å². The first-order chi connectivity index (χ1) is 18.1. The summed E-state index contributed by atoms with van der Waals surface area (Å²) in [7, 11) is -4.00. The Hall–Kier alpha value is -3.20. The number of rotatable bonds is 8. The van der Waals surface area contributed by atoms with Gasteiger partial charge in [0.25, 0.3) is 5.91 Å². The predicted octanol–water partition coefficient (Wildman–Crippen LogP) is 4.75. The highest BCUT2D eigenvalue weighted by Crippen LogP contribution is 2.26. The van der Waals surface area contributed by atoms with Crippen molar-refractivity contribution in [3.8, 4) is 0 Å². The van der Waals surface area contributed by atoms with Crippen LogP contribution in [0.25, 0.3) is 0 Å². The van der Waals surface area contributed by atoms with E-state index in [4.69, 9.17) is 11.6 Å². The van der Waals surface area contributed by atoms with Crippen LogP contribution in [0.2, 0.25) is 5.02 Å². The minimum Gasteiger partial charge on any atom is -0.355 e. The minimum absolute atomic E-state index is 0.00643. The molecule has 0 aromatic heterocycles. The Morgan fingerprint density at radius 1 is 0.974 bits per heavy atom. The van der Waals surface area contributed by atoms with Crippen LogP contribution in [0.15, 0.2) is 71.6 Å². The second-order valence-corrected chi connectivity index (χ2v) is 12.0. The van der Waals surface area contributed by atoms with Crippen LogP contribution >= 0.6 is 11.6 Å². The van der Waals surface area contributed by atoms with Crippen LogP contribution in [0, 0.1) is 13.8 Å². The topological polar surface area (TPSA) is 95.6 Å². The van der Waals surface area contributed by atoms with Gasteiger partial charge in [0.15, 0.2) is 0 Å². The molecule has 2 amide bonds. The summed E-state index contributed by atoms with van der Waals surface area (Å²) in [6.45, 7) is 4.97. The van der Waals surface area contributed by atoms with Crippen molar-refractivity contribution in [1.82, 2.24) is 14.9 Å². The van der Waals surface area contributed by atoms with E-state index >= 15 is 0 Å². The van der Waals surface area contributed by atoms with E-state index in [9.17, 15) is 18.0 Å². The summed E-state index contributed by atoms with van der Waals surface area (Å²) in [6, 6.07) is 18.1. The Morgan fingerprint density at radius 2 is 1.63 bits per heavy atom. The zero-order valence-corrected chi connectivity index (χ0v) is 23.1. The van der Waals surface area contributed by atoms with Crippen molar-refractivity contribution in [3.63, 3.8) is 0 Å². The smallest absolute Gasteiger partial charge is 0.251 e. The van der Waals surface area contributed by atoms with Gasteiger partial charge in [-0.15, -0.1) is 0 Å². The van der Waals surface area contributed by atoms with Gasteiger partial charge >= 0.3 is 0 Å². The molecule has 0 bridgehead atoms. The molecule has 38 heavy (non-hydrogen) atoms. The Balaban J connectivity index is 1.53. The number of benzene rings is 3. The van der Waals surface area contributed by atoms with Gasteiger partial charge < -0.3 is 10.6 Å². The van der Waals surface area contributed by atoms with Crippen LogP contribution in [0.4, 0.5) is 0 Å².